The molecule has 0 aliphatic heterocycles. The molecule has 0 unspecified atom stereocenters. The third kappa shape index (κ3) is 4.93. The molecule has 1 amide bonds. The maximum absolute atomic E-state index is 10.9. The first-order valence-electron chi connectivity index (χ1n) is 7.07. The van der Waals surface area contributed by atoms with Gasteiger partial charge in [0.25, 0.3) is 0 Å². The summed E-state index contributed by atoms with van der Waals surface area (Å²) in [6, 6.07) is 18.3. The van der Waals surface area contributed by atoms with Gasteiger partial charge in [0.05, 0.1) is 6.61 Å². The Morgan fingerprint density at radius 2 is 1.62 bits per heavy atom. The number of carbonyl (C=O) groups excluding carboxylic acids is 1. The molecular formula is C17H20N2O2. The Bertz CT molecular complexity index is 553. The minimum absolute atomic E-state index is 0.137. The lowest BCUT2D eigenvalue weighted by atomic mass is 10.1. The SMILES string of the molecule is NNC(=O)CCCCOc1ccc(-c2ccccc2)cc1. The largest absolute Gasteiger partial charge is 0.494 e. The molecule has 0 atom stereocenters. The summed E-state index contributed by atoms with van der Waals surface area (Å²) < 4.78 is 5.65. The number of rotatable bonds is 7. The van der Waals surface area contributed by atoms with Crippen LogP contribution in [0.1, 0.15) is 19.3 Å². The van der Waals surface area contributed by atoms with E-state index in [0.29, 0.717) is 13.0 Å². The molecule has 2 aromatic carbocycles. The lowest BCUT2D eigenvalue weighted by Gasteiger charge is -2.07. The van der Waals surface area contributed by atoms with Crippen LogP contribution in [0.15, 0.2) is 54.6 Å². The molecule has 2 aromatic rings. The van der Waals surface area contributed by atoms with E-state index in [4.69, 9.17) is 10.6 Å². The third-order valence-corrected chi connectivity index (χ3v) is 3.19. The van der Waals surface area contributed by atoms with Crippen molar-refractivity contribution in [3.8, 4) is 16.9 Å². The van der Waals surface area contributed by atoms with Gasteiger partial charge >= 0.3 is 0 Å². The van der Waals surface area contributed by atoms with Crippen molar-refractivity contribution in [2.75, 3.05) is 6.61 Å². The maximum atomic E-state index is 10.9. The van der Waals surface area contributed by atoms with E-state index in [1.165, 1.54) is 11.1 Å². The van der Waals surface area contributed by atoms with Crippen LogP contribution in [0.2, 0.25) is 0 Å². The number of unbranched alkanes of at least 4 members (excludes halogenated alkanes) is 1. The number of nitrogens with one attached hydrogen (secondary N) is 1. The van der Waals surface area contributed by atoms with Crippen molar-refractivity contribution in [1.82, 2.24) is 5.43 Å². The number of nitrogens with two attached hydrogens (primary N) is 1. The average Bonchev–Trinajstić information content (AvgIpc) is 2.55. The standard InChI is InChI=1S/C17H20N2O2/c18-19-17(20)8-4-5-13-21-16-11-9-15(10-12-16)14-6-2-1-3-7-14/h1-3,6-7,9-12H,4-5,8,13,18H2,(H,19,20). The molecule has 0 spiro atoms. The van der Waals surface area contributed by atoms with Gasteiger partial charge in [-0.15, -0.1) is 0 Å². The highest BCUT2D eigenvalue weighted by Crippen LogP contribution is 2.22. The molecule has 21 heavy (non-hydrogen) atoms. The molecule has 3 N–H and O–H groups in total. The normalized spacial score (nSPS) is 10.1. The second-order valence-corrected chi connectivity index (χ2v) is 4.76. The van der Waals surface area contributed by atoms with E-state index in [1.54, 1.807) is 0 Å². The number of hydrogen-bond acceptors (Lipinski definition) is 3. The van der Waals surface area contributed by atoms with Gasteiger partial charge in [-0.1, -0.05) is 42.5 Å². The molecule has 4 nitrogen and oxygen atoms in total. The van der Waals surface area contributed by atoms with Gasteiger partial charge in [-0.05, 0) is 36.1 Å². The first-order chi connectivity index (χ1) is 10.3. The topological polar surface area (TPSA) is 64.3 Å². The van der Waals surface area contributed by atoms with Crippen molar-refractivity contribution in [2.45, 2.75) is 19.3 Å². The monoisotopic (exact) mass is 284 g/mol. The molecule has 0 saturated heterocycles. The number of amides is 1. The zero-order valence-corrected chi connectivity index (χ0v) is 11.9. The van der Waals surface area contributed by atoms with E-state index < -0.39 is 0 Å². The average molecular weight is 284 g/mol. The Balaban J connectivity index is 1.77. The van der Waals surface area contributed by atoms with Crippen LogP contribution in [0.5, 0.6) is 5.75 Å². The van der Waals surface area contributed by atoms with Crippen molar-refractivity contribution < 1.29 is 9.53 Å². The molecular weight excluding hydrogens is 264 g/mol. The van der Waals surface area contributed by atoms with Crippen LogP contribution < -0.4 is 16.0 Å². The molecule has 0 aliphatic carbocycles. The molecule has 110 valence electrons. The lowest BCUT2D eigenvalue weighted by molar-refractivity contribution is -0.121. The highest BCUT2D eigenvalue weighted by atomic mass is 16.5. The number of hydrazine groups is 1. The van der Waals surface area contributed by atoms with Crippen LogP contribution in [-0.4, -0.2) is 12.5 Å². The smallest absolute Gasteiger partial charge is 0.233 e. The Hall–Kier alpha value is -2.33. The molecule has 0 aromatic heterocycles. The molecule has 4 heteroatoms. The lowest BCUT2D eigenvalue weighted by Crippen LogP contribution is -2.29. The summed E-state index contributed by atoms with van der Waals surface area (Å²) in [7, 11) is 0. The van der Waals surface area contributed by atoms with Crippen LogP contribution >= 0.6 is 0 Å². The summed E-state index contributed by atoms with van der Waals surface area (Å²) >= 11 is 0. The fourth-order valence-corrected chi connectivity index (χ4v) is 2.02. The minimum Gasteiger partial charge on any atom is -0.494 e. The van der Waals surface area contributed by atoms with E-state index in [2.05, 4.69) is 17.6 Å². The highest BCUT2D eigenvalue weighted by Gasteiger charge is 2.00. The van der Waals surface area contributed by atoms with Crippen LogP contribution in [-0.2, 0) is 4.79 Å². The Kier molecular flexibility index (Phi) is 5.79. The molecule has 0 saturated carbocycles. The van der Waals surface area contributed by atoms with Crippen molar-refractivity contribution in [2.24, 2.45) is 5.84 Å². The second kappa shape index (κ2) is 8.07. The quantitative estimate of drug-likeness (QED) is 0.355. The Labute approximate surface area is 124 Å². The molecule has 0 radical (unpaired) electrons. The summed E-state index contributed by atoms with van der Waals surface area (Å²) in [5.41, 5.74) is 4.48. The van der Waals surface area contributed by atoms with Gasteiger partial charge in [0.2, 0.25) is 5.91 Å². The first kappa shape index (κ1) is 15.1. The summed E-state index contributed by atoms with van der Waals surface area (Å²) in [4.78, 5) is 10.9. The van der Waals surface area contributed by atoms with E-state index >= 15 is 0 Å². The van der Waals surface area contributed by atoms with Gasteiger partial charge in [0.1, 0.15) is 5.75 Å². The van der Waals surface area contributed by atoms with Gasteiger partial charge in [-0.3, -0.25) is 10.2 Å². The predicted octanol–water partition coefficient (Wildman–Crippen LogP) is 2.89. The summed E-state index contributed by atoms with van der Waals surface area (Å²) in [6.45, 7) is 0.600. The van der Waals surface area contributed by atoms with Crippen molar-refractivity contribution in [1.29, 1.82) is 0 Å². The van der Waals surface area contributed by atoms with Crippen molar-refractivity contribution in [3.05, 3.63) is 54.6 Å². The van der Waals surface area contributed by atoms with Crippen LogP contribution in [0.3, 0.4) is 0 Å². The van der Waals surface area contributed by atoms with E-state index in [-0.39, 0.29) is 5.91 Å². The zero-order chi connectivity index (χ0) is 14.9. The summed E-state index contributed by atoms with van der Waals surface area (Å²) in [5, 5.41) is 0. The second-order valence-electron chi connectivity index (χ2n) is 4.76. The summed E-state index contributed by atoms with van der Waals surface area (Å²) in [5.74, 6) is 5.72. The molecule has 2 rings (SSSR count). The number of ether oxygens (including phenoxy) is 1. The van der Waals surface area contributed by atoms with Gasteiger partial charge in [0.15, 0.2) is 0 Å². The van der Waals surface area contributed by atoms with Gasteiger partial charge in [-0.2, -0.15) is 0 Å². The molecule has 0 fully saturated rings. The first-order valence-corrected chi connectivity index (χ1v) is 7.07. The summed E-state index contributed by atoms with van der Waals surface area (Å²) in [6.07, 6.45) is 2.03. The number of benzene rings is 2. The van der Waals surface area contributed by atoms with Crippen molar-refractivity contribution in [3.63, 3.8) is 0 Å². The van der Waals surface area contributed by atoms with E-state index in [9.17, 15) is 4.79 Å². The maximum Gasteiger partial charge on any atom is 0.233 e. The highest BCUT2D eigenvalue weighted by molar-refractivity contribution is 5.75. The molecule has 0 bridgehead atoms. The van der Waals surface area contributed by atoms with E-state index in [1.807, 2.05) is 42.5 Å². The fraction of sp³-hybridized carbons (Fsp3) is 0.235. The van der Waals surface area contributed by atoms with Gasteiger partial charge in [-0.25, -0.2) is 5.84 Å². The van der Waals surface area contributed by atoms with Crippen LogP contribution in [0.25, 0.3) is 11.1 Å². The molecule has 0 aliphatic rings. The van der Waals surface area contributed by atoms with Gasteiger partial charge in [0, 0.05) is 6.42 Å². The number of hydrogen-bond donors (Lipinski definition) is 2. The number of carbonyl (C=O) groups is 1. The Morgan fingerprint density at radius 3 is 2.29 bits per heavy atom. The van der Waals surface area contributed by atoms with Crippen LogP contribution in [0, 0.1) is 0 Å². The van der Waals surface area contributed by atoms with Gasteiger partial charge < -0.3 is 4.74 Å². The minimum atomic E-state index is -0.137. The third-order valence-electron chi connectivity index (χ3n) is 3.19. The van der Waals surface area contributed by atoms with Crippen molar-refractivity contribution >= 4 is 5.91 Å². The molecule has 0 heterocycles. The fourth-order valence-electron chi connectivity index (χ4n) is 2.02. The van der Waals surface area contributed by atoms with Crippen LogP contribution in [0.4, 0.5) is 0 Å². The zero-order valence-electron chi connectivity index (χ0n) is 11.9. The Morgan fingerprint density at radius 1 is 0.952 bits per heavy atom. The van der Waals surface area contributed by atoms with E-state index in [0.717, 1.165) is 18.6 Å². The predicted molar refractivity (Wildman–Crippen MR) is 83.6 cm³/mol.